The van der Waals surface area contributed by atoms with E-state index in [1.54, 1.807) is 44.5 Å². The molecule has 11 nitrogen and oxygen atoms in total. The number of nitrogens with one attached hydrogen (secondary N) is 1. The number of amides is 1. The Hall–Kier alpha value is -4.77. The number of nitrogens with zero attached hydrogens (tertiary/aromatic N) is 6. The lowest BCUT2D eigenvalue weighted by molar-refractivity contribution is -0.144. The molecule has 0 aliphatic carbocycles. The van der Waals surface area contributed by atoms with Gasteiger partial charge in [0.25, 0.3) is 5.91 Å². The van der Waals surface area contributed by atoms with Gasteiger partial charge in [-0.2, -0.15) is 0 Å². The Labute approximate surface area is 247 Å². The number of aryl methyl sites for hydroxylation is 1. The standard InChI is InChI=1S/C31H40N8O3/c1-7-9-27(34-8-2)39(17-16-29(40)42-19-18-37(4)5)31(41)23-12-15-26-25(20-23)36-28(38(26)6)21-35-24-13-10-22(11-14-24)30(32)33-3/h7-15,20,35H,1,16-19,21H2,2-6H3,(H2,32,33)/b27-9+,34-8-. The number of benzene rings is 2. The Balaban J connectivity index is 1.80. The third-order valence-corrected chi connectivity index (χ3v) is 6.48. The number of carbonyl (C=O) groups excluding carboxylic acids is 2. The van der Waals surface area contributed by atoms with Gasteiger partial charge in [-0.05, 0) is 69.6 Å². The SMILES string of the molecule is C=C/C=C(\N=C/C)N(CCC(=O)OCCN(C)C)C(=O)c1ccc2c(c1)nc(CNc1ccc(C(N)=NC)cc1)n2C. The number of esters is 1. The summed E-state index contributed by atoms with van der Waals surface area (Å²) in [5.41, 5.74) is 9.64. The van der Waals surface area contributed by atoms with E-state index in [9.17, 15) is 9.59 Å². The molecule has 3 aromatic rings. The van der Waals surface area contributed by atoms with E-state index >= 15 is 0 Å². The normalized spacial score (nSPS) is 12.2. The third kappa shape index (κ3) is 8.37. The molecule has 0 fully saturated rings. The Morgan fingerprint density at radius 1 is 1.14 bits per heavy atom. The zero-order valence-corrected chi connectivity index (χ0v) is 25.0. The predicted molar refractivity (Wildman–Crippen MR) is 169 cm³/mol. The Morgan fingerprint density at radius 2 is 1.86 bits per heavy atom. The van der Waals surface area contributed by atoms with Crippen LogP contribution in [0.1, 0.15) is 35.1 Å². The minimum absolute atomic E-state index is 0.0212. The molecule has 1 amide bonds. The summed E-state index contributed by atoms with van der Waals surface area (Å²) in [6, 6.07) is 13.1. The fourth-order valence-electron chi connectivity index (χ4n) is 4.14. The lowest BCUT2D eigenvalue weighted by Crippen LogP contribution is -2.32. The summed E-state index contributed by atoms with van der Waals surface area (Å²) >= 11 is 0. The predicted octanol–water partition coefficient (Wildman–Crippen LogP) is 3.58. The average Bonchev–Trinajstić information content (AvgIpc) is 3.30. The maximum Gasteiger partial charge on any atom is 0.307 e. The van der Waals surface area contributed by atoms with Gasteiger partial charge in [0.15, 0.2) is 0 Å². The second-order valence-electron chi connectivity index (χ2n) is 9.71. The summed E-state index contributed by atoms with van der Waals surface area (Å²) in [6.07, 6.45) is 4.80. The third-order valence-electron chi connectivity index (χ3n) is 6.48. The van der Waals surface area contributed by atoms with Crippen molar-refractivity contribution in [3.05, 3.63) is 84.0 Å². The van der Waals surface area contributed by atoms with Gasteiger partial charge in [0.1, 0.15) is 24.1 Å². The van der Waals surface area contributed by atoms with Gasteiger partial charge in [-0.15, -0.1) is 0 Å². The topological polar surface area (TPSA) is 130 Å². The van der Waals surface area contributed by atoms with Crippen molar-refractivity contribution in [3.63, 3.8) is 0 Å². The molecule has 1 heterocycles. The van der Waals surface area contributed by atoms with Crippen molar-refractivity contribution in [1.29, 1.82) is 0 Å². The monoisotopic (exact) mass is 572 g/mol. The van der Waals surface area contributed by atoms with Gasteiger partial charge in [-0.1, -0.05) is 12.7 Å². The molecule has 0 aliphatic rings. The highest BCUT2D eigenvalue weighted by Gasteiger charge is 2.22. The summed E-state index contributed by atoms with van der Waals surface area (Å²) in [6.45, 7) is 6.98. The molecule has 0 radical (unpaired) electrons. The van der Waals surface area contributed by atoms with Crippen molar-refractivity contribution >= 4 is 40.6 Å². The molecule has 0 bridgehead atoms. The number of allylic oxidation sites excluding steroid dienone is 2. The van der Waals surface area contributed by atoms with Crippen LogP contribution in [0.25, 0.3) is 11.0 Å². The van der Waals surface area contributed by atoms with Crippen LogP contribution in [0.2, 0.25) is 0 Å². The second kappa shape index (κ2) is 15.3. The number of nitrogens with two attached hydrogens (primary N) is 1. The average molecular weight is 573 g/mol. The number of fused-ring (bicyclic) bond motifs is 1. The number of likely N-dealkylation sites (N-methyl/N-ethyl adjacent to an activating group) is 1. The first-order chi connectivity index (χ1) is 20.2. The van der Waals surface area contributed by atoms with E-state index in [0.717, 1.165) is 22.6 Å². The van der Waals surface area contributed by atoms with Crippen molar-refractivity contribution in [2.75, 3.05) is 46.2 Å². The van der Waals surface area contributed by atoms with E-state index in [-0.39, 0.29) is 31.4 Å². The maximum atomic E-state index is 13.7. The van der Waals surface area contributed by atoms with E-state index in [0.29, 0.717) is 35.8 Å². The van der Waals surface area contributed by atoms with E-state index in [1.165, 1.54) is 4.90 Å². The van der Waals surface area contributed by atoms with Gasteiger partial charge in [0, 0.05) is 50.2 Å². The molecule has 0 atom stereocenters. The zero-order valence-electron chi connectivity index (χ0n) is 25.0. The van der Waals surface area contributed by atoms with Crippen LogP contribution in [0.4, 0.5) is 5.69 Å². The molecule has 0 unspecified atom stereocenters. The minimum Gasteiger partial charge on any atom is -0.464 e. The van der Waals surface area contributed by atoms with Gasteiger partial charge in [0.05, 0.1) is 24.0 Å². The van der Waals surface area contributed by atoms with Crippen molar-refractivity contribution in [3.8, 4) is 0 Å². The first-order valence-electron chi connectivity index (χ1n) is 13.6. The number of aliphatic imine (C=N–C) groups is 2. The lowest BCUT2D eigenvalue weighted by atomic mass is 10.1. The number of rotatable bonds is 14. The van der Waals surface area contributed by atoms with E-state index in [2.05, 4.69) is 21.9 Å². The molecule has 0 spiro atoms. The summed E-state index contributed by atoms with van der Waals surface area (Å²) < 4.78 is 7.30. The van der Waals surface area contributed by atoms with Crippen LogP contribution >= 0.6 is 0 Å². The fraction of sp³-hybridized carbons (Fsp3) is 0.323. The van der Waals surface area contributed by atoms with Crippen LogP contribution < -0.4 is 11.1 Å². The van der Waals surface area contributed by atoms with Gasteiger partial charge < -0.3 is 25.3 Å². The number of hydrogen-bond donors (Lipinski definition) is 2. The van der Waals surface area contributed by atoms with Crippen LogP contribution in [-0.2, 0) is 23.1 Å². The molecule has 2 aromatic carbocycles. The van der Waals surface area contributed by atoms with Crippen LogP contribution in [0.15, 0.2) is 77.0 Å². The number of imidazole rings is 1. The van der Waals surface area contributed by atoms with Crippen molar-refractivity contribution in [1.82, 2.24) is 19.4 Å². The van der Waals surface area contributed by atoms with Crippen LogP contribution in [0.5, 0.6) is 0 Å². The van der Waals surface area contributed by atoms with Crippen molar-refractivity contribution < 1.29 is 14.3 Å². The van der Waals surface area contributed by atoms with Crippen molar-refractivity contribution in [2.45, 2.75) is 19.9 Å². The van der Waals surface area contributed by atoms with Crippen LogP contribution in [0.3, 0.4) is 0 Å². The van der Waals surface area contributed by atoms with Crippen LogP contribution in [0, 0.1) is 0 Å². The smallest absolute Gasteiger partial charge is 0.307 e. The van der Waals surface area contributed by atoms with Gasteiger partial charge in [-0.25, -0.2) is 9.98 Å². The van der Waals surface area contributed by atoms with Crippen molar-refractivity contribution in [2.24, 2.45) is 22.8 Å². The Bertz CT molecular complexity index is 1490. The number of hydrogen-bond acceptors (Lipinski definition) is 8. The zero-order chi connectivity index (χ0) is 30.6. The lowest BCUT2D eigenvalue weighted by Gasteiger charge is -2.23. The molecule has 3 rings (SSSR count). The molecule has 0 aliphatic heterocycles. The number of carbonyl (C=O) groups is 2. The van der Waals surface area contributed by atoms with Gasteiger partial charge >= 0.3 is 5.97 Å². The van der Waals surface area contributed by atoms with Gasteiger partial charge in [0.2, 0.25) is 0 Å². The molecule has 0 saturated carbocycles. The summed E-state index contributed by atoms with van der Waals surface area (Å²) in [7, 11) is 7.40. The maximum absolute atomic E-state index is 13.7. The minimum atomic E-state index is -0.387. The molecule has 11 heteroatoms. The number of ether oxygens (including phenoxy) is 1. The summed E-state index contributed by atoms with van der Waals surface area (Å²) in [5, 5.41) is 3.38. The highest BCUT2D eigenvalue weighted by molar-refractivity contribution is 5.99. The molecule has 42 heavy (non-hydrogen) atoms. The molecule has 3 N–H and O–H groups in total. The van der Waals surface area contributed by atoms with Gasteiger partial charge in [-0.3, -0.25) is 19.5 Å². The molecular formula is C31H40N8O3. The number of aromatic nitrogens is 2. The summed E-state index contributed by atoms with van der Waals surface area (Å²) in [4.78, 5) is 42.6. The molecular weight excluding hydrogens is 532 g/mol. The highest BCUT2D eigenvalue weighted by Crippen LogP contribution is 2.21. The quantitative estimate of drug-likeness (QED) is 0.131. The molecule has 222 valence electrons. The summed E-state index contributed by atoms with van der Waals surface area (Å²) in [5.74, 6) is 0.962. The van der Waals surface area contributed by atoms with E-state index in [1.807, 2.05) is 60.9 Å². The highest BCUT2D eigenvalue weighted by atomic mass is 16.5. The van der Waals surface area contributed by atoms with E-state index < -0.39 is 0 Å². The first kappa shape index (κ1) is 31.8. The largest absolute Gasteiger partial charge is 0.464 e. The molecule has 1 aromatic heterocycles. The number of anilines is 1. The fourth-order valence-corrected chi connectivity index (χ4v) is 4.14. The van der Waals surface area contributed by atoms with Crippen LogP contribution in [-0.4, -0.2) is 84.1 Å². The second-order valence-corrected chi connectivity index (χ2v) is 9.71. The Morgan fingerprint density at radius 3 is 2.50 bits per heavy atom. The molecule has 0 saturated heterocycles. The van der Waals surface area contributed by atoms with E-state index in [4.69, 9.17) is 15.5 Å². The first-order valence-corrected chi connectivity index (χ1v) is 13.6. The number of amidine groups is 1. The Kier molecular flexibility index (Phi) is 11.6.